The van der Waals surface area contributed by atoms with E-state index in [1.54, 1.807) is 0 Å². The van der Waals surface area contributed by atoms with Crippen LogP contribution >= 0.6 is 0 Å². The van der Waals surface area contributed by atoms with Crippen LogP contribution < -0.4 is 11.3 Å². The number of hydrogen-bond acceptors (Lipinski definition) is 4. The van der Waals surface area contributed by atoms with Gasteiger partial charge >= 0.3 is 0 Å². The molecule has 1 fully saturated rings. The van der Waals surface area contributed by atoms with Gasteiger partial charge in [-0.15, -0.1) is 0 Å². The third kappa shape index (κ3) is 2.51. The van der Waals surface area contributed by atoms with Crippen LogP contribution in [0.1, 0.15) is 31.9 Å². The topological polar surface area (TPSA) is 54.2 Å². The molecule has 4 nitrogen and oxygen atoms in total. The molecule has 3 N–H and O–H groups in total. The fourth-order valence-corrected chi connectivity index (χ4v) is 2.43. The Balaban J connectivity index is 2.02. The largest absolute Gasteiger partial charge is 0.324 e. The van der Waals surface area contributed by atoms with Gasteiger partial charge in [-0.25, -0.2) is 0 Å². The number of rotatable bonds is 4. The molecule has 1 saturated heterocycles. The first kappa shape index (κ1) is 11.4. The first-order valence-electron chi connectivity index (χ1n) is 5.99. The van der Waals surface area contributed by atoms with Crippen molar-refractivity contribution in [3.05, 3.63) is 24.0 Å². The number of aromatic nitrogens is 1. The molecular formula is C12H20N4. The zero-order valence-electron chi connectivity index (χ0n) is 9.82. The molecule has 2 rings (SSSR count). The smallest absolute Gasteiger partial charge is 0.0565 e. The summed E-state index contributed by atoms with van der Waals surface area (Å²) >= 11 is 0. The molecule has 0 spiro atoms. The molecule has 0 aromatic carbocycles. The maximum absolute atomic E-state index is 5.39. The van der Waals surface area contributed by atoms with Crippen LogP contribution in [0.3, 0.4) is 0 Å². The molecule has 1 unspecified atom stereocenters. The Kier molecular flexibility index (Phi) is 3.74. The highest BCUT2D eigenvalue weighted by molar-refractivity contribution is 5.41. The normalized spacial score (nSPS) is 21.2. The molecule has 1 aliphatic heterocycles. The lowest BCUT2D eigenvalue weighted by molar-refractivity contribution is 0.237. The van der Waals surface area contributed by atoms with E-state index >= 15 is 0 Å². The molecule has 1 aromatic rings. The summed E-state index contributed by atoms with van der Waals surface area (Å²) in [5.74, 6) is 5.39. The predicted molar refractivity (Wildman–Crippen MR) is 65.8 cm³/mol. The van der Waals surface area contributed by atoms with Crippen LogP contribution in [0.5, 0.6) is 0 Å². The first-order valence-corrected chi connectivity index (χ1v) is 5.99. The summed E-state index contributed by atoms with van der Waals surface area (Å²) in [5, 5.41) is 0. The highest BCUT2D eigenvalue weighted by Crippen LogP contribution is 2.22. The summed E-state index contributed by atoms with van der Waals surface area (Å²) in [6.45, 7) is 4.39. The molecule has 1 aromatic heterocycles. The Labute approximate surface area is 96.8 Å². The number of hydrogen-bond donors (Lipinski definition) is 2. The second kappa shape index (κ2) is 5.27. The lowest BCUT2D eigenvalue weighted by Crippen LogP contribution is -2.28. The van der Waals surface area contributed by atoms with Crippen LogP contribution in [-0.4, -0.2) is 22.5 Å². The fraction of sp³-hybridized carbons (Fsp3) is 0.583. The van der Waals surface area contributed by atoms with Gasteiger partial charge in [0.05, 0.1) is 11.4 Å². The van der Waals surface area contributed by atoms with Crippen molar-refractivity contribution in [2.75, 3.05) is 12.0 Å². The third-order valence-corrected chi connectivity index (χ3v) is 3.32. The van der Waals surface area contributed by atoms with Gasteiger partial charge in [0.25, 0.3) is 0 Å². The van der Waals surface area contributed by atoms with E-state index in [1.165, 1.54) is 25.8 Å². The van der Waals surface area contributed by atoms with Gasteiger partial charge in [-0.3, -0.25) is 15.7 Å². The van der Waals surface area contributed by atoms with Gasteiger partial charge in [0.15, 0.2) is 0 Å². The number of likely N-dealkylation sites (tertiary alicyclic amines) is 1. The average molecular weight is 220 g/mol. The van der Waals surface area contributed by atoms with Crippen LogP contribution in [0.15, 0.2) is 18.3 Å². The van der Waals surface area contributed by atoms with E-state index in [0.717, 1.165) is 24.0 Å². The summed E-state index contributed by atoms with van der Waals surface area (Å²) in [7, 11) is 0. The number of anilines is 1. The Morgan fingerprint density at radius 1 is 1.62 bits per heavy atom. The van der Waals surface area contributed by atoms with E-state index in [1.807, 2.05) is 18.3 Å². The molecule has 16 heavy (non-hydrogen) atoms. The van der Waals surface area contributed by atoms with Crippen LogP contribution in [-0.2, 0) is 6.54 Å². The molecule has 0 radical (unpaired) electrons. The molecule has 0 aliphatic carbocycles. The van der Waals surface area contributed by atoms with E-state index in [9.17, 15) is 0 Å². The lowest BCUT2D eigenvalue weighted by Gasteiger charge is -2.22. The summed E-state index contributed by atoms with van der Waals surface area (Å²) in [5.41, 5.74) is 4.68. The van der Waals surface area contributed by atoms with Gasteiger partial charge in [0.1, 0.15) is 0 Å². The van der Waals surface area contributed by atoms with Crippen LogP contribution in [0, 0.1) is 0 Å². The van der Waals surface area contributed by atoms with E-state index in [-0.39, 0.29) is 0 Å². The highest BCUT2D eigenvalue weighted by Gasteiger charge is 2.22. The maximum Gasteiger partial charge on any atom is 0.0565 e. The number of nitrogens with zero attached hydrogens (tertiary/aromatic N) is 2. The summed E-state index contributed by atoms with van der Waals surface area (Å²) < 4.78 is 0. The Morgan fingerprint density at radius 2 is 2.50 bits per heavy atom. The minimum Gasteiger partial charge on any atom is -0.324 e. The second-order valence-corrected chi connectivity index (χ2v) is 4.35. The molecular weight excluding hydrogens is 200 g/mol. The Hall–Kier alpha value is -1.13. The zero-order chi connectivity index (χ0) is 11.4. The number of hydrazine groups is 1. The molecule has 88 valence electrons. The Bertz CT molecular complexity index is 340. The van der Waals surface area contributed by atoms with Crippen LogP contribution in [0.25, 0.3) is 0 Å². The molecule has 1 atom stereocenters. The van der Waals surface area contributed by atoms with Crippen molar-refractivity contribution >= 4 is 5.69 Å². The second-order valence-electron chi connectivity index (χ2n) is 4.35. The minimum atomic E-state index is 0.733. The van der Waals surface area contributed by atoms with E-state index in [4.69, 9.17) is 5.84 Å². The highest BCUT2D eigenvalue weighted by atomic mass is 15.2. The van der Waals surface area contributed by atoms with E-state index < -0.39 is 0 Å². The van der Waals surface area contributed by atoms with Crippen LogP contribution in [0.2, 0.25) is 0 Å². The Morgan fingerprint density at radius 3 is 3.25 bits per heavy atom. The van der Waals surface area contributed by atoms with Crippen molar-refractivity contribution in [1.82, 2.24) is 9.88 Å². The SMILES string of the molecule is CCC1CCCN1Cc1cc(NN)ccn1. The van der Waals surface area contributed by atoms with E-state index in [2.05, 4.69) is 22.2 Å². The summed E-state index contributed by atoms with van der Waals surface area (Å²) in [6, 6.07) is 4.63. The maximum atomic E-state index is 5.39. The first-order chi connectivity index (χ1) is 7.83. The average Bonchev–Trinajstić information content (AvgIpc) is 2.76. The molecule has 0 saturated carbocycles. The quantitative estimate of drug-likeness (QED) is 0.599. The van der Waals surface area contributed by atoms with Gasteiger partial charge in [0.2, 0.25) is 0 Å². The predicted octanol–water partition coefficient (Wildman–Crippen LogP) is 1.74. The standard InChI is InChI=1S/C12H20N4/c1-2-12-4-3-7-16(12)9-11-8-10(15-13)5-6-14-11/h5-6,8,12H,2-4,7,9,13H2,1H3,(H,14,15). The van der Waals surface area contributed by atoms with Crippen LogP contribution in [0.4, 0.5) is 5.69 Å². The number of nitrogens with one attached hydrogen (secondary N) is 1. The molecule has 4 heteroatoms. The van der Waals surface area contributed by atoms with Gasteiger partial charge in [-0.2, -0.15) is 0 Å². The third-order valence-electron chi connectivity index (χ3n) is 3.32. The van der Waals surface area contributed by atoms with Crippen molar-refractivity contribution in [3.8, 4) is 0 Å². The molecule has 1 aliphatic rings. The van der Waals surface area contributed by atoms with Crippen molar-refractivity contribution in [1.29, 1.82) is 0 Å². The van der Waals surface area contributed by atoms with Crippen molar-refractivity contribution < 1.29 is 0 Å². The van der Waals surface area contributed by atoms with Gasteiger partial charge in [-0.1, -0.05) is 6.92 Å². The number of nitrogens with two attached hydrogens (primary N) is 1. The molecule has 0 bridgehead atoms. The number of pyridine rings is 1. The van der Waals surface area contributed by atoms with Crippen molar-refractivity contribution in [2.45, 2.75) is 38.8 Å². The van der Waals surface area contributed by atoms with Gasteiger partial charge in [-0.05, 0) is 37.9 Å². The molecule has 2 heterocycles. The summed E-state index contributed by atoms with van der Waals surface area (Å²) in [6.07, 6.45) is 5.68. The minimum absolute atomic E-state index is 0.733. The van der Waals surface area contributed by atoms with Gasteiger partial charge < -0.3 is 5.43 Å². The number of nitrogen functional groups attached to an aromatic ring is 1. The summed E-state index contributed by atoms with van der Waals surface area (Å²) in [4.78, 5) is 6.90. The van der Waals surface area contributed by atoms with Crippen molar-refractivity contribution in [3.63, 3.8) is 0 Å². The van der Waals surface area contributed by atoms with Crippen molar-refractivity contribution in [2.24, 2.45) is 5.84 Å². The monoisotopic (exact) mass is 220 g/mol. The van der Waals surface area contributed by atoms with E-state index in [0.29, 0.717) is 0 Å². The fourth-order valence-electron chi connectivity index (χ4n) is 2.43. The molecule has 0 amide bonds. The zero-order valence-corrected chi connectivity index (χ0v) is 9.82. The lowest BCUT2D eigenvalue weighted by atomic mass is 10.1. The van der Waals surface area contributed by atoms with Gasteiger partial charge in [0, 0.05) is 18.8 Å².